The minimum atomic E-state index is -1.08. The van der Waals surface area contributed by atoms with Gasteiger partial charge < -0.3 is 21.3 Å². The number of hydrogen-bond donors (Lipinski definition) is 4. The Morgan fingerprint density at radius 1 is 0.963 bits per heavy atom. The van der Waals surface area contributed by atoms with E-state index in [2.05, 4.69) is 22.2 Å². The number of aliphatic carboxylic acids is 2. The number of nitrogen functional groups attached to an aromatic ring is 1. The average molecular weight is 383 g/mol. The van der Waals surface area contributed by atoms with Gasteiger partial charge in [0.2, 0.25) is 5.95 Å². The highest BCUT2D eigenvalue weighted by atomic mass is 16.4. The number of rotatable bonds is 14. The summed E-state index contributed by atoms with van der Waals surface area (Å²) in [5, 5.41) is 19.0. The highest BCUT2D eigenvalue weighted by Gasteiger charge is 2.00. The van der Waals surface area contributed by atoms with Crippen LogP contribution in [0, 0.1) is 0 Å². The molecule has 5 N–H and O–H groups in total. The van der Waals surface area contributed by atoms with Crippen LogP contribution in [0.25, 0.3) is 0 Å². The van der Waals surface area contributed by atoms with Gasteiger partial charge in [-0.25, -0.2) is 4.98 Å². The van der Waals surface area contributed by atoms with E-state index in [1.807, 2.05) is 0 Å². The predicted octanol–water partition coefficient (Wildman–Crippen LogP) is 3.94. The number of carbonyl (C=O) groups is 2. The first-order valence-electron chi connectivity index (χ1n) is 9.71. The number of nitrogens with two attached hydrogens (primary N) is 1. The zero-order valence-electron chi connectivity index (χ0n) is 16.3. The SMILES string of the molecule is CCCCCCCCCCCNc1nccc(N)n1.O=C(O)CCC(=O)O. The number of nitrogens with one attached hydrogen (secondary N) is 1. The van der Waals surface area contributed by atoms with Crippen LogP contribution in [0.4, 0.5) is 11.8 Å². The molecule has 0 aliphatic carbocycles. The molecule has 1 aromatic rings. The van der Waals surface area contributed by atoms with Gasteiger partial charge in [-0.1, -0.05) is 58.3 Å². The summed E-state index contributed by atoms with van der Waals surface area (Å²) in [5.74, 6) is -0.996. The predicted molar refractivity (Wildman–Crippen MR) is 107 cm³/mol. The molecule has 0 aliphatic rings. The number of hydrogen-bond acceptors (Lipinski definition) is 6. The van der Waals surface area contributed by atoms with Crippen molar-refractivity contribution in [3.05, 3.63) is 12.3 Å². The quantitative estimate of drug-likeness (QED) is 0.355. The van der Waals surface area contributed by atoms with Crippen LogP contribution in [0.5, 0.6) is 0 Å². The van der Waals surface area contributed by atoms with E-state index >= 15 is 0 Å². The van der Waals surface area contributed by atoms with Crippen molar-refractivity contribution in [2.75, 3.05) is 17.6 Å². The van der Waals surface area contributed by atoms with E-state index < -0.39 is 11.9 Å². The standard InChI is InChI=1S/C15H28N4.C4H6O4/c1-2-3-4-5-6-7-8-9-10-12-17-15-18-13-11-14(16)19-15;5-3(6)1-2-4(7)8/h11,13H,2-10,12H2,1H3,(H3,16,17,18,19);1-2H2,(H,5,6)(H,7,8). The van der Waals surface area contributed by atoms with E-state index in [1.54, 1.807) is 12.3 Å². The monoisotopic (exact) mass is 382 g/mol. The molecule has 0 spiro atoms. The third kappa shape index (κ3) is 18.2. The summed E-state index contributed by atoms with van der Waals surface area (Å²) in [6.45, 7) is 3.19. The van der Waals surface area contributed by atoms with Crippen molar-refractivity contribution in [1.82, 2.24) is 9.97 Å². The van der Waals surface area contributed by atoms with Crippen molar-refractivity contribution in [2.24, 2.45) is 0 Å². The molecule has 0 saturated carbocycles. The number of carboxylic acids is 2. The molecule has 27 heavy (non-hydrogen) atoms. The van der Waals surface area contributed by atoms with Crippen LogP contribution in [0.1, 0.15) is 77.6 Å². The first-order valence-corrected chi connectivity index (χ1v) is 9.71. The van der Waals surface area contributed by atoms with Crippen LogP contribution in [0.2, 0.25) is 0 Å². The largest absolute Gasteiger partial charge is 0.481 e. The molecule has 0 bridgehead atoms. The Balaban J connectivity index is 0.000000713. The van der Waals surface area contributed by atoms with Gasteiger partial charge >= 0.3 is 11.9 Å². The summed E-state index contributed by atoms with van der Waals surface area (Å²) in [4.78, 5) is 27.5. The third-order valence-electron chi connectivity index (χ3n) is 3.79. The fourth-order valence-electron chi connectivity index (χ4n) is 2.31. The van der Waals surface area contributed by atoms with Crippen molar-refractivity contribution in [1.29, 1.82) is 0 Å². The number of aromatic nitrogens is 2. The number of nitrogens with zero attached hydrogens (tertiary/aromatic N) is 2. The molecule has 1 rings (SSSR count). The molecule has 0 radical (unpaired) electrons. The third-order valence-corrected chi connectivity index (χ3v) is 3.79. The molecule has 0 aromatic carbocycles. The zero-order valence-corrected chi connectivity index (χ0v) is 16.3. The summed E-state index contributed by atoms with van der Waals surface area (Å²) in [7, 11) is 0. The average Bonchev–Trinajstić information content (AvgIpc) is 2.62. The molecule has 0 unspecified atom stereocenters. The lowest BCUT2D eigenvalue weighted by Gasteiger charge is -2.05. The van der Waals surface area contributed by atoms with Gasteiger partial charge in [0.15, 0.2) is 0 Å². The lowest BCUT2D eigenvalue weighted by molar-refractivity contribution is -0.143. The van der Waals surface area contributed by atoms with Gasteiger partial charge in [0.05, 0.1) is 12.8 Å². The van der Waals surface area contributed by atoms with Crippen LogP contribution in [-0.2, 0) is 9.59 Å². The molecule has 0 saturated heterocycles. The van der Waals surface area contributed by atoms with Gasteiger partial charge in [0.25, 0.3) is 0 Å². The molecule has 0 fully saturated rings. The first kappa shape index (κ1) is 24.6. The maximum Gasteiger partial charge on any atom is 0.303 e. The van der Waals surface area contributed by atoms with E-state index in [1.165, 1.54) is 57.8 Å². The number of carboxylic acid groups (broad SMARTS) is 2. The topological polar surface area (TPSA) is 138 Å². The van der Waals surface area contributed by atoms with E-state index in [0.29, 0.717) is 11.8 Å². The Hall–Kier alpha value is -2.38. The van der Waals surface area contributed by atoms with E-state index in [9.17, 15) is 9.59 Å². The summed E-state index contributed by atoms with van der Waals surface area (Å²) >= 11 is 0. The van der Waals surface area contributed by atoms with E-state index in [0.717, 1.165) is 6.54 Å². The second-order valence-electron chi connectivity index (χ2n) is 6.35. The van der Waals surface area contributed by atoms with Crippen LogP contribution in [0.15, 0.2) is 12.3 Å². The first-order chi connectivity index (χ1) is 13.0. The zero-order chi connectivity index (χ0) is 20.3. The van der Waals surface area contributed by atoms with Gasteiger partial charge in [-0.3, -0.25) is 9.59 Å². The maximum absolute atomic E-state index is 9.64. The fourth-order valence-corrected chi connectivity index (χ4v) is 2.31. The highest BCUT2D eigenvalue weighted by Crippen LogP contribution is 2.09. The molecule has 8 heteroatoms. The van der Waals surface area contributed by atoms with Crippen molar-refractivity contribution in [2.45, 2.75) is 77.6 Å². The van der Waals surface area contributed by atoms with Crippen LogP contribution in [-0.4, -0.2) is 38.7 Å². The maximum atomic E-state index is 9.64. The molecule has 1 aromatic heterocycles. The Morgan fingerprint density at radius 3 is 1.96 bits per heavy atom. The molecular weight excluding hydrogens is 348 g/mol. The molecule has 0 atom stereocenters. The summed E-state index contributed by atoms with van der Waals surface area (Å²) in [6, 6.07) is 1.70. The van der Waals surface area contributed by atoms with Crippen molar-refractivity contribution >= 4 is 23.7 Å². The van der Waals surface area contributed by atoms with Gasteiger partial charge in [0.1, 0.15) is 5.82 Å². The van der Waals surface area contributed by atoms with Crippen LogP contribution in [0.3, 0.4) is 0 Å². The summed E-state index contributed by atoms with van der Waals surface area (Å²) in [6.07, 6.45) is 13.2. The fraction of sp³-hybridized carbons (Fsp3) is 0.684. The highest BCUT2D eigenvalue weighted by molar-refractivity contribution is 5.75. The molecule has 0 aliphatic heterocycles. The molecule has 0 amide bonds. The van der Waals surface area contributed by atoms with Crippen molar-refractivity contribution in [3.8, 4) is 0 Å². The normalized spacial score (nSPS) is 9.96. The van der Waals surface area contributed by atoms with Gasteiger partial charge in [-0.2, -0.15) is 4.98 Å². The number of anilines is 2. The Kier molecular flexibility index (Phi) is 15.6. The lowest BCUT2D eigenvalue weighted by atomic mass is 10.1. The second-order valence-corrected chi connectivity index (χ2v) is 6.35. The van der Waals surface area contributed by atoms with Gasteiger partial charge in [0, 0.05) is 12.7 Å². The molecule has 8 nitrogen and oxygen atoms in total. The Bertz CT molecular complexity index is 512. The number of unbranched alkanes of at least 4 members (excludes halogenated alkanes) is 8. The lowest BCUT2D eigenvalue weighted by Crippen LogP contribution is -2.06. The van der Waals surface area contributed by atoms with Crippen molar-refractivity contribution < 1.29 is 19.8 Å². The van der Waals surface area contributed by atoms with Gasteiger partial charge in [-0.05, 0) is 12.5 Å². The summed E-state index contributed by atoms with van der Waals surface area (Å²) in [5.41, 5.74) is 5.59. The minimum Gasteiger partial charge on any atom is -0.481 e. The molecule has 154 valence electrons. The van der Waals surface area contributed by atoms with Crippen molar-refractivity contribution in [3.63, 3.8) is 0 Å². The summed E-state index contributed by atoms with van der Waals surface area (Å²) < 4.78 is 0. The van der Waals surface area contributed by atoms with Gasteiger partial charge in [-0.15, -0.1) is 0 Å². The smallest absolute Gasteiger partial charge is 0.303 e. The Labute approximate surface area is 161 Å². The molecular formula is C19H34N4O4. The van der Waals surface area contributed by atoms with Crippen LogP contribution < -0.4 is 11.1 Å². The minimum absolute atomic E-state index is 0.296. The molecule has 1 heterocycles. The van der Waals surface area contributed by atoms with Crippen LogP contribution >= 0.6 is 0 Å². The van der Waals surface area contributed by atoms with E-state index in [-0.39, 0.29) is 12.8 Å². The van der Waals surface area contributed by atoms with E-state index in [4.69, 9.17) is 15.9 Å². The Morgan fingerprint density at radius 2 is 1.48 bits per heavy atom. The second kappa shape index (κ2) is 17.1.